The van der Waals surface area contributed by atoms with Crippen LogP contribution in [0.5, 0.6) is 11.5 Å². The first-order chi connectivity index (χ1) is 9.16. The largest absolute Gasteiger partial charge is 0.486 e. The summed E-state index contributed by atoms with van der Waals surface area (Å²) < 4.78 is 11.0. The van der Waals surface area contributed by atoms with E-state index in [0.717, 1.165) is 24.8 Å². The lowest BCUT2D eigenvalue weighted by Gasteiger charge is -2.36. The summed E-state index contributed by atoms with van der Waals surface area (Å²) >= 11 is 6.17. The lowest BCUT2D eigenvalue weighted by Crippen LogP contribution is -2.45. The van der Waals surface area contributed by atoms with Crippen LogP contribution in [0.25, 0.3) is 0 Å². The second-order valence-corrected chi connectivity index (χ2v) is 5.69. The molecule has 0 saturated heterocycles. The zero-order valence-electron chi connectivity index (χ0n) is 10.7. The molecule has 3 rings (SSSR count). The number of fused-ring (bicyclic) bond motifs is 1. The summed E-state index contributed by atoms with van der Waals surface area (Å²) in [6, 6.07) is 3.82. The Labute approximate surface area is 117 Å². The first-order valence-electron chi connectivity index (χ1n) is 6.67. The van der Waals surface area contributed by atoms with E-state index in [2.05, 4.69) is 5.32 Å². The molecule has 0 unspecified atom stereocenters. The van der Waals surface area contributed by atoms with E-state index < -0.39 is 5.60 Å². The highest BCUT2D eigenvalue weighted by atomic mass is 35.5. The molecule has 0 amide bonds. The number of halogens is 1. The highest BCUT2D eigenvalue weighted by Crippen LogP contribution is 2.38. The predicted octanol–water partition coefficient (Wildman–Crippen LogP) is 2.12. The quantitative estimate of drug-likeness (QED) is 0.889. The molecule has 0 aromatic heterocycles. The third-order valence-corrected chi connectivity index (χ3v) is 4.00. The van der Waals surface area contributed by atoms with Gasteiger partial charge in [-0.15, -0.1) is 0 Å². The molecule has 1 aliphatic carbocycles. The number of hydrogen-bond acceptors (Lipinski definition) is 4. The first-order valence-corrected chi connectivity index (χ1v) is 7.05. The molecule has 0 radical (unpaired) electrons. The first kappa shape index (κ1) is 13.0. The van der Waals surface area contributed by atoms with E-state index >= 15 is 0 Å². The predicted molar refractivity (Wildman–Crippen MR) is 72.9 cm³/mol. The molecule has 4 nitrogen and oxygen atoms in total. The van der Waals surface area contributed by atoms with Gasteiger partial charge in [0, 0.05) is 13.1 Å². The normalized spacial score (nSPS) is 19.9. The fourth-order valence-corrected chi connectivity index (χ4v) is 2.76. The number of benzene rings is 1. The van der Waals surface area contributed by atoms with E-state index in [4.69, 9.17) is 21.1 Å². The maximum Gasteiger partial charge on any atom is 0.179 e. The molecule has 104 valence electrons. The van der Waals surface area contributed by atoms with Gasteiger partial charge in [-0.05, 0) is 37.0 Å². The zero-order chi connectivity index (χ0) is 13.3. The molecule has 1 aromatic rings. The Morgan fingerprint density at radius 2 is 2.05 bits per heavy atom. The van der Waals surface area contributed by atoms with Crippen molar-refractivity contribution >= 4 is 11.6 Å². The van der Waals surface area contributed by atoms with Crippen LogP contribution in [-0.4, -0.2) is 30.5 Å². The van der Waals surface area contributed by atoms with Crippen LogP contribution in [0.15, 0.2) is 12.1 Å². The summed E-state index contributed by atoms with van der Waals surface area (Å²) in [7, 11) is 0. The number of hydrogen-bond donors (Lipinski definition) is 2. The number of rotatable bonds is 4. The van der Waals surface area contributed by atoms with Crippen LogP contribution in [0.3, 0.4) is 0 Å². The topological polar surface area (TPSA) is 50.7 Å². The third-order valence-electron chi connectivity index (χ3n) is 3.72. The van der Waals surface area contributed by atoms with Crippen molar-refractivity contribution < 1.29 is 14.6 Å². The van der Waals surface area contributed by atoms with Crippen LogP contribution in [-0.2, 0) is 6.54 Å². The Hall–Kier alpha value is -0.970. The molecular weight excluding hydrogens is 266 g/mol. The van der Waals surface area contributed by atoms with Crippen LogP contribution in [0.1, 0.15) is 24.8 Å². The van der Waals surface area contributed by atoms with Crippen LogP contribution in [0.2, 0.25) is 5.02 Å². The van der Waals surface area contributed by atoms with Gasteiger partial charge in [-0.25, -0.2) is 0 Å². The van der Waals surface area contributed by atoms with Crippen LogP contribution < -0.4 is 14.8 Å². The summed E-state index contributed by atoms with van der Waals surface area (Å²) in [6.45, 7) is 2.38. The Bertz CT molecular complexity index is 474. The van der Waals surface area contributed by atoms with Gasteiger partial charge in [0.2, 0.25) is 0 Å². The van der Waals surface area contributed by atoms with Crippen molar-refractivity contribution in [2.75, 3.05) is 19.8 Å². The van der Waals surface area contributed by atoms with Crippen LogP contribution >= 0.6 is 11.6 Å². The van der Waals surface area contributed by atoms with Crippen molar-refractivity contribution in [2.24, 2.45) is 0 Å². The number of nitrogens with one attached hydrogen (secondary N) is 1. The van der Waals surface area contributed by atoms with Crippen molar-refractivity contribution in [3.8, 4) is 11.5 Å². The second kappa shape index (κ2) is 5.19. The third kappa shape index (κ3) is 2.81. The van der Waals surface area contributed by atoms with Gasteiger partial charge in [-0.1, -0.05) is 11.6 Å². The molecule has 0 bridgehead atoms. The number of aliphatic hydroxyl groups is 1. The minimum absolute atomic E-state index is 0.502. The van der Waals surface area contributed by atoms with Crippen molar-refractivity contribution in [3.05, 3.63) is 22.7 Å². The van der Waals surface area contributed by atoms with Crippen molar-refractivity contribution in [1.82, 2.24) is 5.32 Å². The average molecular weight is 284 g/mol. The molecular formula is C14H18ClNO3. The molecule has 1 aromatic carbocycles. The molecule has 2 aliphatic rings. The summed E-state index contributed by atoms with van der Waals surface area (Å²) in [6.07, 6.45) is 2.90. The summed E-state index contributed by atoms with van der Waals surface area (Å²) in [5.74, 6) is 1.34. The molecule has 1 aliphatic heterocycles. The van der Waals surface area contributed by atoms with Gasteiger partial charge < -0.3 is 19.9 Å². The molecule has 19 heavy (non-hydrogen) atoms. The minimum atomic E-state index is -0.502. The fraction of sp³-hybridized carbons (Fsp3) is 0.571. The maximum atomic E-state index is 10.0. The second-order valence-electron chi connectivity index (χ2n) is 5.28. The smallest absolute Gasteiger partial charge is 0.179 e. The van der Waals surface area contributed by atoms with Gasteiger partial charge in [-0.2, -0.15) is 0 Å². The highest BCUT2D eigenvalue weighted by Gasteiger charge is 2.33. The van der Waals surface area contributed by atoms with E-state index in [1.165, 1.54) is 0 Å². The SMILES string of the molecule is OC1(CNCc2cc(Cl)c3c(c2)OCCO3)CCC1. The van der Waals surface area contributed by atoms with E-state index in [1.54, 1.807) is 0 Å². The van der Waals surface area contributed by atoms with Crippen molar-refractivity contribution in [2.45, 2.75) is 31.4 Å². The van der Waals surface area contributed by atoms with Gasteiger partial charge in [-0.3, -0.25) is 0 Å². The molecule has 0 spiro atoms. The van der Waals surface area contributed by atoms with Gasteiger partial charge in [0.05, 0.1) is 10.6 Å². The van der Waals surface area contributed by atoms with Gasteiger partial charge >= 0.3 is 0 Å². The van der Waals surface area contributed by atoms with Crippen molar-refractivity contribution in [3.63, 3.8) is 0 Å². The zero-order valence-corrected chi connectivity index (χ0v) is 11.5. The van der Waals surface area contributed by atoms with E-state index in [9.17, 15) is 5.11 Å². The standard InChI is InChI=1S/C14H18ClNO3/c15-11-6-10(7-12-13(11)19-5-4-18-12)8-16-9-14(17)2-1-3-14/h6-7,16-17H,1-5,8-9H2. The monoisotopic (exact) mass is 283 g/mol. The minimum Gasteiger partial charge on any atom is -0.486 e. The summed E-state index contributed by atoms with van der Waals surface area (Å²) in [4.78, 5) is 0. The number of ether oxygens (including phenoxy) is 2. The molecule has 2 N–H and O–H groups in total. The summed E-state index contributed by atoms with van der Waals surface area (Å²) in [5.41, 5.74) is 0.537. The van der Waals surface area contributed by atoms with Crippen LogP contribution in [0, 0.1) is 0 Å². The van der Waals surface area contributed by atoms with Gasteiger partial charge in [0.15, 0.2) is 11.5 Å². The molecule has 1 saturated carbocycles. The molecule has 0 atom stereocenters. The lowest BCUT2D eigenvalue weighted by molar-refractivity contribution is -0.0314. The summed E-state index contributed by atoms with van der Waals surface area (Å²) in [5, 5.41) is 13.9. The molecule has 5 heteroatoms. The maximum absolute atomic E-state index is 10.0. The van der Waals surface area contributed by atoms with E-state index in [1.807, 2.05) is 12.1 Å². The van der Waals surface area contributed by atoms with E-state index in [0.29, 0.717) is 42.8 Å². The average Bonchev–Trinajstić information content (AvgIpc) is 2.37. The Balaban J connectivity index is 1.63. The Morgan fingerprint density at radius 1 is 1.26 bits per heavy atom. The Kier molecular flexibility index (Phi) is 3.56. The van der Waals surface area contributed by atoms with Crippen molar-refractivity contribution in [1.29, 1.82) is 0 Å². The Morgan fingerprint density at radius 3 is 2.79 bits per heavy atom. The van der Waals surface area contributed by atoms with Gasteiger partial charge in [0.1, 0.15) is 13.2 Å². The fourth-order valence-electron chi connectivity index (χ4n) is 2.47. The lowest BCUT2D eigenvalue weighted by atomic mass is 9.80. The molecule has 1 fully saturated rings. The molecule has 1 heterocycles. The van der Waals surface area contributed by atoms with Gasteiger partial charge in [0.25, 0.3) is 0 Å². The van der Waals surface area contributed by atoms with E-state index in [-0.39, 0.29) is 0 Å². The highest BCUT2D eigenvalue weighted by molar-refractivity contribution is 6.32. The van der Waals surface area contributed by atoms with Crippen LogP contribution in [0.4, 0.5) is 0 Å².